The SMILES string of the molecule is Cc1ccc(I)cc1NC(=O)Nc1ccn[nH]1. The average molecular weight is 342 g/mol. The van der Waals surface area contributed by atoms with Crippen molar-refractivity contribution in [3.05, 3.63) is 39.6 Å². The number of anilines is 2. The lowest BCUT2D eigenvalue weighted by Crippen LogP contribution is -2.20. The highest BCUT2D eigenvalue weighted by Gasteiger charge is 2.05. The minimum Gasteiger partial charge on any atom is -0.307 e. The molecule has 0 unspecified atom stereocenters. The molecule has 0 atom stereocenters. The summed E-state index contributed by atoms with van der Waals surface area (Å²) in [6.45, 7) is 1.95. The van der Waals surface area contributed by atoms with E-state index in [4.69, 9.17) is 0 Å². The van der Waals surface area contributed by atoms with Gasteiger partial charge in [0.1, 0.15) is 5.82 Å². The van der Waals surface area contributed by atoms with Crippen molar-refractivity contribution < 1.29 is 4.79 Å². The summed E-state index contributed by atoms with van der Waals surface area (Å²) in [4.78, 5) is 11.7. The first-order chi connectivity index (χ1) is 8.15. The summed E-state index contributed by atoms with van der Waals surface area (Å²) in [5.74, 6) is 0.561. The van der Waals surface area contributed by atoms with Gasteiger partial charge in [-0.25, -0.2) is 4.79 Å². The lowest BCUT2D eigenvalue weighted by atomic mass is 10.2. The van der Waals surface area contributed by atoms with Gasteiger partial charge in [0.2, 0.25) is 0 Å². The monoisotopic (exact) mass is 342 g/mol. The predicted molar refractivity (Wildman–Crippen MR) is 75.1 cm³/mol. The molecule has 0 bridgehead atoms. The maximum absolute atomic E-state index is 11.7. The molecule has 0 aliphatic carbocycles. The normalized spacial score (nSPS) is 10.0. The predicted octanol–water partition coefficient (Wildman–Crippen LogP) is 2.97. The van der Waals surface area contributed by atoms with Crippen molar-refractivity contribution in [1.29, 1.82) is 0 Å². The number of rotatable bonds is 2. The van der Waals surface area contributed by atoms with E-state index in [2.05, 4.69) is 43.4 Å². The Bertz CT molecular complexity index is 524. The molecular formula is C11H11IN4O. The third-order valence-electron chi connectivity index (χ3n) is 2.20. The molecule has 0 radical (unpaired) electrons. The van der Waals surface area contributed by atoms with Crippen LogP contribution < -0.4 is 10.6 Å². The maximum Gasteiger partial charge on any atom is 0.324 e. The fraction of sp³-hybridized carbons (Fsp3) is 0.0909. The zero-order valence-electron chi connectivity index (χ0n) is 9.12. The highest BCUT2D eigenvalue weighted by Crippen LogP contribution is 2.18. The first-order valence-corrected chi connectivity index (χ1v) is 6.06. The highest BCUT2D eigenvalue weighted by atomic mass is 127. The van der Waals surface area contributed by atoms with E-state index in [0.717, 1.165) is 14.8 Å². The Labute approximate surface area is 112 Å². The summed E-state index contributed by atoms with van der Waals surface area (Å²) in [6.07, 6.45) is 1.58. The number of benzene rings is 1. The number of aromatic nitrogens is 2. The summed E-state index contributed by atoms with van der Waals surface area (Å²) in [5, 5.41) is 11.8. The number of nitrogens with zero attached hydrogens (tertiary/aromatic N) is 1. The van der Waals surface area contributed by atoms with Crippen LogP contribution in [-0.2, 0) is 0 Å². The van der Waals surface area contributed by atoms with E-state index in [0.29, 0.717) is 5.82 Å². The quantitative estimate of drug-likeness (QED) is 0.735. The molecule has 17 heavy (non-hydrogen) atoms. The number of carbonyl (C=O) groups is 1. The van der Waals surface area contributed by atoms with Crippen LogP contribution in [0.1, 0.15) is 5.56 Å². The van der Waals surface area contributed by atoms with Gasteiger partial charge in [0.15, 0.2) is 0 Å². The second-order valence-electron chi connectivity index (χ2n) is 3.51. The molecule has 6 heteroatoms. The van der Waals surface area contributed by atoms with Crippen LogP contribution in [0.15, 0.2) is 30.5 Å². The van der Waals surface area contributed by atoms with Gasteiger partial charge >= 0.3 is 6.03 Å². The smallest absolute Gasteiger partial charge is 0.307 e. The summed E-state index contributed by atoms with van der Waals surface area (Å²) in [6, 6.07) is 7.27. The zero-order chi connectivity index (χ0) is 12.3. The third-order valence-corrected chi connectivity index (χ3v) is 2.87. The third kappa shape index (κ3) is 3.19. The van der Waals surface area contributed by atoms with Gasteiger partial charge in [-0.15, -0.1) is 0 Å². The van der Waals surface area contributed by atoms with E-state index in [1.54, 1.807) is 12.3 Å². The van der Waals surface area contributed by atoms with E-state index in [1.807, 2.05) is 25.1 Å². The molecule has 0 fully saturated rings. The molecule has 1 aromatic heterocycles. The maximum atomic E-state index is 11.7. The van der Waals surface area contributed by atoms with E-state index >= 15 is 0 Å². The van der Waals surface area contributed by atoms with Gasteiger partial charge in [-0.3, -0.25) is 10.4 Å². The van der Waals surface area contributed by atoms with Gasteiger partial charge in [-0.05, 0) is 47.2 Å². The molecule has 0 aliphatic heterocycles. The van der Waals surface area contributed by atoms with E-state index < -0.39 is 0 Å². The fourth-order valence-corrected chi connectivity index (χ4v) is 1.82. The molecule has 2 aromatic rings. The molecule has 2 rings (SSSR count). The largest absolute Gasteiger partial charge is 0.324 e. The molecule has 0 spiro atoms. The van der Waals surface area contributed by atoms with Gasteiger partial charge in [0.25, 0.3) is 0 Å². The number of nitrogens with one attached hydrogen (secondary N) is 3. The molecule has 3 N–H and O–H groups in total. The molecule has 0 saturated carbocycles. The molecule has 1 aromatic carbocycles. The van der Waals surface area contributed by atoms with Gasteiger partial charge < -0.3 is 5.32 Å². The van der Waals surface area contributed by atoms with Crippen LogP contribution in [0, 0.1) is 10.5 Å². The number of amides is 2. The van der Waals surface area contributed by atoms with E-state index in [-0.39, 0.29) is 6.03 Å². The minimum absolute atomic E-state index is 0.292. The minimum atomic E-state index is -0.292. The highest BCUT2D eigenvalue weighted by molar-refractivity contribution is 14.1. The van der Waals surface area contributed by atoms with Crippen molar-refractivity contribution in [2.75, 3.05) is 10.6 Å². The number of hydrogen-bond acceptors (Lipinski definition) is 2. The number of halogens is 1. The Morgan fingerprint density at radius 2 is 2.18 bits per heavy atom. The lowest BCUT2D eigenvalue weighted by molar-refractivity contribution is 0.262. The molecular weight excluding hydrogens is 331 g/mol. The first-order valence-electron chi connectivity index (χ1n) is 4.98. The van der Waals surface area contributed by atoms with Crippen molar-refractivity contribution in [3.63, 3.8) is 0 Å². The average Bonchev–Trinajstić information content (AvgIpc) is 2.76. The molecule has 2 amide bonds. The molecule has 1 heterocycles. The number of aryl methyl sites for hydroxylation is 1. The number of carbonyl (C=O) groups excluding carboxylic acids is 1. The zero-order valence-corrected chi connectivity index (χ0v) is 11.3. The van der Waals surface area contributed by atoms with Gasteiger partial charge in [-0.2, -0.15) is 5.10 Å². The van der Waals surface area contributed by atoms with Crippen LogP contribution in [-0.4, -0.2) is 16.2 Å². The first kappa shape index (κ1) is 11.9. The summed E-state index contributed by atoms with van der Waals surface area (Å²) >= 11 is 2.20. The Morgan fingerprint density at radius 1 is 1.35 bits per heavy atom. The van der Waals surface area contributed by atoms with Crippen LogP contribution in [0.4, 0.5) is 16.3 Å². The Morgan fingerprint density at radius 3 is 2.88 bits per heavy atom. The van der Waals surface area contributed by atoms with E-state index in [9.17, 15) is 4.79 Å². The molecule has 0 saturated heterocycles. The van der Waals surface area contributed by atoms with Crippen molar-refractivity contribution in [3.8, 4) is 0 Å². The lowest BCUT2D eigenvalue weighted by Gasteiger charge is -2.09. The number of H-pyrrole nitrogens is 1. The van der Waals surface area contributed by atoms with Crippen LogP contribution >= 0.6 is 22.6 Å². The van der Waals surface area contributed by atoms with Crippen molar-refractivity contribution in [2.45, 2.75) is 6.92 Å². The molecule has 5 nitrogen and oxygen atoms in total. The van der Waals surface area contributed by atoms with Crippen molar-refractivity contribution in [2.24, 2.45) is 0 Å². The van der Waals surface area contributed by atoms with Gasteiger partial charge in [0.05, 0.1) is 6.20 Å². The summed E-state index contributed by atoms with van der Waals surface area (Å²) in [5.41, 5.74) is 1.82. The van der Waals surface area contributed by atoms with E-state index in [1.165, 1.54) is 0 Å². The summed E-state index contributed by atoms with van der Waals surface area (Å²) < 4.78 is 1.07. The van der Waals surface area contributed by atoms with Crippen LogP contribution in [0.5, 0.6) is 0 Å². The van der Waals surface area contributed by atoms with Crippen LogP contribution in [0.3, 0.4) is 0 Å². The van der Waals surface area contributed by atoms with Crippen LogP contribution in [0.25, 0.3) is 0 Å². The Hall–Kier alpha value is -1.57. The second-order valence-corrected chi connectivity index (χ2v) is 4.75. The molecule has 0 aliphatic rings. The van der Waals surface area contributed by atoms with Gasteiger partial charge in [-0.1, -0.05) is 6.07 Å². The Balaban J connectivity index is 2.05. The number of hydrogen-bond donors (Lipinski definition) is 3. The molecule has 88 valence electrons. The topological polar surface area (TPSA) is 69.8 Å². The van der Waals surface area contributed by atoms with Gasteiger partial charge in [0, 0.05) is 15.3 Å². The second kappa shape index (κ2) is 5.17. The summed E-state index contributed by atoms with van der Waals surface area (Å²) in [7, 11) is 0. The standard InChI is InChI=1S/C11H11IN4O/c1-7-2-3-8(12)6-9(7)14-11(17)15-10-4-5-13-16-10/h2-6H,1H3,(H3,13,14,15,16,17). The Kier molecular flexibility index (Phi) is 3.62. The fourth-order valence-electron chi connectivity index (χ4n) is 1.33. The van der Waals surface area contributed by atoms with Crippen molar-refractivity contribution in [1.82, 2.24) is 10.2 Å². The van der Waals surface area contributed by atoms with Crippen LogP contribution in [0.2, 0.25) is 0 Å². The van der Waals surface area contributed by atoms with Crippen molar-refractivity contribution >= 4 is 40.1 Å². The number of urea groups is 1. The number of aromatic amines is 1.